The van der Waals surface area contributed by atoms with Crippen LogP contribution in [-0.4, -0.2) is 95.8 Å². The van der Waals surface area contributed by atoms with Crippen molar-refractivity contribution in [3.63, 3.8) is 0 Å². The number of aliphatic imine (C=N–C) groups is 2. The Morgan fingerprint density at radius 3 is 1.68 bits per heavy atom. The number of carbonyl (C=O) groups is 2. The summed E-state index contributed by atoms with van der Waals surface area (Å²) < 4.78 is 93.0. The molecule has 0 spiro atoms. The Labute approximate surface area is 350 Å². The van der Waals surface area contributed by atoms with E-state index in [1.165, 1.54) is 32.4 Å². The minimum Gasteiger partial charge on any atom is -0.439 e. The summed E-state index contributed by atoms with van der Waals surface area (Å²) in [5, 5.41) is 4.16. The van der Waals surface area contributed by atoms with E-state index in [2.05, 4.69) is 40.6 Å². The standard InChI is InChI=1S/2C20H21F3N6O2/c1-25-19(24)28-18(30)16-9-13-14(20(21,22)23)7-12(8-15(13)27-16)31-17-6-11(4-5-26-17)10-29(2)3;1-25-19(24)28-18(30)14-9-12-13(20(21,22)23)4-5-15(17(12)27-14)31-16-8-11(6-7-26-16)10-29(2)3/h2*4-9,27H,10H2,1-3H3,(H3,24,25,28,30). The number of carbonyl (C=O) groups excluding carboxylic acids is 2. The first-order valence-electron chi connectivity index (χ1n) is 18.2. The van der Waals surface area contributed by atoms with Gasteiger partial charge >= 0.3 is 12.4 Å². The number of nitrogens with two attached hydrogens (primary N) is 2. The number of alkyl halides is 6. The summed E-state index contributed by atoms with van der Waals surface area (Å²) >= 11 is 0. The number of fused-ring (bicyclic) bond motifs is 2. The highest BCUT2D eigenvalue weighted by molar-refractivity contribution is 6.08. The minimum atomic E-state index is -4.67. The van der Waals surface area contributed by atoms with Crippen LogP contribution < -0.4 is 31.6 Å². The SMILES string of the molecule is CN=C(N)NC(=O)c1cc2c(C(F)(F)F)cc(Oc3cc(CN(C)C)ccn3)cc2[nH]1.CN=C(N)NC(=O)c1cc2c(C(F)(F)F)ccc(Oc3cc(CN(C)C)ccn3)c2[nH]1. The van der Waals surface area contributed by atoms with Gasteiger partial charge in [0.25, 0.3) is 11.8 Å². The van der Waals surface area contributed by atoms with Gasteiger partial charge in [0.05, 0.1) is 22.2 Å². The summed E-state index contributed by atoms with van der Waals surface area (Å²) in [6.07, 6.45) is -6.22. The van der Waals surface area contributed by atoms with Crippen molar-refractivity contribution < 1.29 is 45.4 Å². The van der Waals surface area contributed by atoms with Crippen molar-refractivity contribution in [1.82, 2.24) is 40.4 Å². The highest BCUT2D eigenvalue weighted by Crippen LogP contribution is 2.41. The quantitative estimate of drug-likeness (QED) is 0.0519. The number of nitrogens with zero attached hydrogens (tertiary/aromatic N) is 6. The molecule has 22 heteroatoms. The van der Waals surface area contributed by atoms with Gasteiger partial charge in [-0.05, 0) is 81.8 Å². The number of halogens is 6. The lowest BCUT2D eigenvalue weighted by molar-refractivity contribution is -0.137. The molecule has 6 rings (SSSR count). The number of benzene rings is 2. The number of nitrogens with one attached hydrogen (secondary N) is 4. The Kier molecular flexibility index (Phi) is 14.1. The third-order valence-electron chi connectivity index (χ3n) is 8.57. The maximum absolute atomic E-state index is 13.7. The molecule has 0 radical (unpaired) electrons. The van der Waals surface area contributed by atoms with Crippen LogP contribution in [0.1, 0.15) is 43.2 Å². The van der Waals surface area contributed by atoms with Crippen LogP contribution in [0.5, 0.6) is 23.3 Å². The van der Waals surface area contributed by atoms with Gasteiger partial charge in [-0.2, -0.15) is 26.3 Å². The Balaban J connectivity index is 0.000000234. The lowest BCUT2D eigenvalue weighted by atomic mass is 10.1. The number of H-pyrrole nitrogens is 2. The second-order valence-corrected chi connectivity index (χ2v) is 14.0. The highest BCUT2D eigenvalue weighted by Gasteiger charge is 2.35. The summed E-state index contributed by atoms with van der Waals surface area (Å²) in [4.78, 5) is 49.2. The average molecular weight is 869 g/mol. The van der Waals surface area contributed by atoms with E-state index in [1.807, 2.05) is 44.1 Å². The van der Waals surface area contributed by atoms with E-state index in [0.29, 0.717) is 13.1 Å². The van der Waals surface area contributed by atoms with Gasteiger partial charge in [-0.3, -0.25) is 30.2 Å². The molecule has 0 atom stereocenters. The van der Waals surface area contributed by atoms with E-state index in [4.69, 9.17) is 20.9 Å². The molecule has 0 saturated heterocycles. The second-order valence-electron chi connectivity index (χ2n) is 14.0. The van der Waals surface area contributed by atoms with Crippen LogP contribution in [0.15, 0.2) is 83.0 Å². The predicted molar refractivity (Wildman–Crippen MR) is 220 cm³/mol. The molecule has 0 aliphatic carbocycles. The van der Waals surface area contributed by atoms with Crippen molar-refractivity contribution in [2.75, 3.05) is 42.3 Å². The van der Waals surface area contributed by atoms with Gasteiger partial charge in [0.2, 0.25) is 11.8 Å². The van der Waals surface area contributed by atoms with Gasteiger partial charge in [-0.25, -0.2) is 9.97 Å². The molecule has 0 unspecified atom stereocenters. The molecule has 6 aromatic rings. The van der Waals surface area contributed by atoms with Crippen molar-refractivity contribution in [2.45, 2.75) is 25.4 Å². The first kappa shape index (κ1) is 45.9. The van der Waals surface area contributed by atoms with Gasteiger partial charge in [0.1, 0.15) is 17.1 Å². The molecule has 8 N–H and O–H groups in total. The molecule has 4 heterocycles. The van der Waals surface area contributed by atoms with Crippen LogP contribution in [0.2, 0.25) is 0 Å². The molecule has 2 aromatic carbocycles. The van der Waals surface area contributed by atoms with Gasteiger partial charge in [0.15, 0.2) is 17.7 Å². The van der Waals surface area contributed by atoms with E-state index in [0.717, 1.165) is 35.4 Å². The normalized spacial score (nSPS) is 12.4. The second kappa shape index (κ2) is 19.0. The van der Waals surface area contributed by atoms with Gasteiger partial charge in [-0.15, -0.1) is 0 Å². The summed E-state index contributed by atoms with van der Waals surface area (Å²) in [6.45, 7) is 1.25. The number of guanidine groups is 2. The third kappa shape index (κ3) is 11.8. The topological polar surface area (TPSA) is 217 Å². The van der Waals surface area contributed by atoms with Crippen molar-refractivity contribution in [2.24, 2.45) is 21.5 Å². The molecular formula is C40H42F6N12O4. The Morgan fingerprint density at radius 2 is 1.18 bits per heavy atom. The molecule has 2 amide bonds. The molecule has 62 heavy (non-hydrogen) atoms. The Hall–Kier alpha value is -7.20. The van der Waals surface area contributed by atoms with Gasteiger partial charge in [-0.1, -0.05) is 0 Å². The number of hydrogen-bond donors (Lipinski definition) is 6. The molecule has 0 aliphatic heterocycles. The van der Waals surface area contributed by atoms with Gasteiger partial charge in [0, 0.05) is 68.6 Å². The van der Waals surface area contributed by atoms with E-state index in [-0.39, 0.29) is 68.4 Å². The molecule has 0 fully saturated rings. The fourth-order valence-corrected chi connectivity index (χ4v) is 5.93. The maximum Gasteiger partial charge on any atom is 0.417 e. The largest absolute Gasteiger partial charge is 0.439 e. The van der Waals surface area contributed by atoms with Crippen LogP contribution in [0.25, 0.3) is 21.8 Å². The molecule has 0 aliphatic rings. The van der Waals surface area contributed by atoms with Crippen LogP contribution in [-0.2, 0) is 25.4 Å². The minimum absolute atomic E-state index is 0.00629. The lowest BCUT2D eigenvalue weighted by Crippen LogP contribution is -2.36. The van der Waals surface area contributed by atoms with Crippen molar-refractivity contribution in [3.8, 4) is 23.3 Å². The molecule has 4 aromatic heterocycles. The number of pyridine rings is 2. The van der Waals surface area contributed by atoms with Crippen molar-refractivity contribution in [3.05, 3.63) is 107 Å². The lowest BCUT2D eigenvalue weighted by Gasteiger charge is -2.13. The number of ether oxygens (including phenoxy) is 2. The number of aromatic nitrogens is 4. The molecule has 328 valence electrons. The fraction of sp³-hybridized carbons (Fsp3) is 0.250. The summed E-state index contributed by atoms with van der Waals surface area (Å²) in [6, 6.07) is 13.5. The number of amides is 2. The zero-order valence-electron chi connectivity index (χ0n) is 34.1. The number of rotatable bonds is 10. The fourth-order valence-electron chi connectivity index (χ4n) is 5.93. The summed E-state index contributed by atoms with van der Waals surface area (Å²) in [5.41, 5.74) is 10.7. The smallest absolute Gasteiger partial charge is 0.417 e. The number of aromatic amines is 2. The first-order chi connectivity index (χ1) is 29.1. The van der Waals surface area contributed by atoms with Crippen molar-refractivity contribution >= 4 is 45.5 Å². The first-order valence-corrected chi connectivity index (χ1v) is 18.2. The van der Waals surface area contributed by atoms with Crippen LogP contribution >= 0.6 is 0 Å². The molecular weight excluding hydrogens is 827 g/mol. The predicted octanol–water partition coefficient (Wildman–Crippen LogP) is 6.22. The third-order valence-corrected chi connectivity index (χ3v) is 8.57. The van der Waals surface area contributed by atoms with Crippen LogP contribution in [0, 0.1) is 0 Å². The van der Waals surface area contributed by atoms with Crippen molar-refractivity contribution in [1.29, 1.82) is 0 Å². The Morgan fingerprint density at radius 1 is 0.677 bits per heavy atom. The zero-order chi connectivity index (χ0) is 45.5. The van der Waals surface area contributed by atoms with Crippen LogP contribution in [0.3, 0.4) is 0 Å². The molecule has 0 saturated carbocycles. The number of hydrogen-bond acceptors (Lipinski definition) is 10. The van der Waals surface area contributed by atoms with E-state index in [9.17, 15) is 35.9 Å². The van der Waals surface area contributed by atoms with E-state index in [1.54, 1.807) is 24.4 Å². The average Bonchev–Trinajstić information content (AvgIpc) is 3.83. The summed E-state index contributed by atoms with van der Waals surface area (Å²) in [7, 11) is 10.3. The Bertz CT molecular complexity index is 2630. The van der Waals surface area contributed by atoms with Gasteiger partial charge < -0.3 is 40.7 Å². The molecule has 16 nitrogen and oxygen atoms in total. The summed E-state index contributed by atoms with van der Waals surface area (Å²) in [5.74, 6) is -1.39. The van der Waals surface area contributed by atoms with E-state index < -0.39 is 35.3 Å². The highest BCUT2D eigenvalue weighted by atomic mass is 19.4. The maximum atomic E-state index is 13.7. The zero-order valence-corrected chi connectivity index (χ0v) is 34.1. The molecule has 0 bridgehead atoms. The van der Waals surface area contributed by atoms with E-state index >= 15 is 0 Å². The van der Waals surface area contributed by atoms with Crippen LogP contribution in [0.4, 0.5) is 26.3 Å². The monoisotopic (exact) mass is 868 g/mol.